The van der Waals surface area contributed by atoms with Crippen LogP contribution in [0.4, 0.5) is 0 Å². The van der Waals surface area contributed by atoms with E-state index >= 15 is 0 Å². The Morgan fingerprint density at radius 2 is 2.00 bits per heavy atom. The maximum Gasteiger partial charge on any atom is 0.306 e. The standard InChI is InChI=1S/C7H13NO2/c1-8-4-2-6(3-5-8)7(9)10/h6H,2-5H2,1H3,(H,9,10)/p+1. The molecule has 1 saturated heterocycles. The number of likely N-dealkylation sites (tertiary alicyclic amines) is 1. The van der Waals surface area contributed by atoms with Gasteiger partial charge in [0.1, 0.15) is 0 Å². The number of piperidine rings is 1. The molecule has 1 aliphatic rings. The zero-order valence-corrected chi connectivity index (χ0v) is 6.26. The Morgan fingerprint density at radius 3 is 2.40 bits per heavy atom. The fourth-order valence-electron chi connectivity index (χ4n) is 1.36. The van der Waals surface area contributed by atoms with Gasteiger partial charge in [0, 0.05) is 12.8 Å². The van der Waals surface area contributed by atoms with E-state index in [1.54, 1.807) is 0 Å². The predicted molar refractivity (Wildman–Crippen MR) is 37.0 cm³/mol. The first-order chi connectivity index (χ1) is 4.70. The molecule has 2 N–H and O–H groups in total. The lowest BCUT2D eigenvalue weighted by molar-refractivity contribution is -0.885. The molecule has 0 aromatic rings. The van der Waals surface area contributed by atoms with Gasteiger partial charge in [0.25, 0.3) is 0 Å². The summed E-state index contributed by atoms with van der Waals surface area (Å²) >= 11 is 0. The van der Waals surface area contributed by atoms with Crippen LogP contribution in [-0.4, -0.2) is 31.2 Å². The zero-order chi connectivity index (χ0) is 7.56. The van der Waals surface area contributed by atoms with Crippen LogP contribution in [0, 0.1) is 5.92 Å². The Labute approximate surface area is 60.6 Å². The van der Waals surface area contributed by atoms with Gasteiger partial charge in [-0.25, -0.2) is 0 Å². The van der Waals surface area contributed by atoms with Crippen LogP contribution in [0.5, 0.6) is 0 Å². The van der Waals surface area contributed by atoms with Crippen molar-refractivity contribution in [2.45, 2.75) is 12.8 Å². The van der Waals surface area contributed by atoms with E-state index in [9.17, 15) is 4.79 Å². The van der Waals surface area contributed by atoms with Gasteiger partial charge in [-0.1, -0.05) is 0 Å². The third-order valence-electron chi connectivity index (χ3n) is 2.19. The molecule has 0 aromatic heterocycles. The van der Waals surface area contributed by atoms with E-state index in [4.69, 9.17) is 5.11 Å². The lowest BCUT2D eigenvalue weighted by Crippen LogP contribution is -3.10. The quantitative estimate of drug-likeness (QED) is 0.495. The van der Waals surface area contributed by atoms with E-state index in [2.05, 4.69) is 7.05 Å². The summed E-state index contributed by atoms with van der Waals surface area (Å²) in [6.07, 6.45) is 1.70. The van der Waals surface area contributed by atoms with Gasteiger partial charge in [0.15, 0.2) is 0 Å². The summed E-state index contributed by atoms with van der Waals surface area (Å²) in [6, 6.07) is 0. The first-order valence-electron chi connectivity index (χ1n) is 3.74. The van der Waals surface area contributed by atoms with Gasteiger partial charge in [0.2, 0.25) is 0 Å². The van der Waals surface area contributed by atoms with Gasteiger partial charge < -0.3 is 10.0 Å². The second-order valence-electron chi connectivity index (χ2n) is 3.07. The van der Waals surface area contributed by atoms with Crippen molar-refractivity contribution >= 4 is 5.97 Å². The number of aliphatic carboxylic acids is 1. The van der Waals surface area contributed by atoms with Gasteiger partial charge in [-0.3, -0.25) is 4.79 Å². The van der Waals surface area contributed by atoms with Gasteiger partial charge in [-0.05, 0) is 0 Å². The molecule has 0 aromatic carbocycles. The van der Waals surface area contributed by atoms with Crippen LogP contribution in [0.2, 0.25) is 0 Å². The average Bonchev–Trinajstić information content (AvgIpc) is 1.88. The Balaban J connectivity index is 2.33. The molecule has 0 unspecified atom stereocenters. The minimum atomic E-state index is -0.618. The predicted octanol–water partition coefficient (Wildman–Crippen LogP) is -1.00. The van der Waals surface area contributed by atoms with E-state index in [-0.39, 0.29) is 5.92 Å². The van der Waals surface area contributed by atoms with E-state index in [1.165, 1.54) is 4.90 Å². The Hall–Kier alpha value is -0.570. The largest absolute Gasteiger partial charge is 0.481 e. The lowest BCUT2D eigenvalue weighted by Gasteiger charge is -2.23. The van der Waals surface area contributed by atoms with Crippen molar-refractivity contribution in [1.82, 2.24) is 0 Å². The number of carboxylic acid groups (broad SMARTS) is 1. The molecule has 3 heteroatoms. The molecule has 0 spiro atoms. The molecule has 1 fully saturated rings. The van der Waals surface area contributed by atoms with Crippen molar-refractivity contribution in [2.24, 2.45) is 5.92 Å². The number of quaternary nitrogens is 1. The van der Waals surface area contributed by atoms with Crippen molar-refractivity contribution in [3.8, 4) is 0 Å². The first kappa shape index (κ1) is 7.54. The summed E-state index contributed by atoms with van der Waals surface area (Å²) in [5, 5.41) is 8.62. The fraction of sp³-hybridized carbons (Fsp3) is 0.857. The van der Waals surface area contributed by atoms with Gasteiger partial charge >= 0.3 is 5.97 Å². The van der Waals surface area contributed by atoms with Crippen LogP contribution in [0.1, 0.15) is 12.8 Å². The number of carbonyl (C=O) groups is 1. The molecule has 0 atom stereocenters. The molecule has 1 heterocycles. The molecule has 3 nitrogen and oxygen atoms in total. The molecule has 0 bridgehead atoms. The smallest absolute Gasteiger partial charge is 0.306 e. The van der Waals surface area contributed by atoms with Crippen molar-refractivity contribution in [2.75, 3.05) is 20.1 Å². The third kappa shape index (κ3) is 1.70. The molecule has 0 saturated carbocycles. The van der Waals surface area contributed by atoms with Crippen LogP contribution in [0.3, 0.4) is 0 Å². The van der Waals surface area contributed by atoms with E-state index in [0.29, 0.717) is 0 Å². The number of hydrogen-bond acceptors (Lipinski definition) is 1. The number of rotatable bonds is 1. The molecule has 0 radical (unpaired) electrons. The fourth-order valence-corrected chi connectivity index (χ4v) is 1.36. The highest BCUT2D eigenvalue weighted by molar-refractivity contribution is 5.69. The SMILES string of the molecule is C[NH+]1CCC(C(=O)O)CC1. The van der Waals surface area contributed by atoms with Gasteiger partial charge in [0.05, 0.1) is 26.1 Å². The molecule has 1 rings (SSSR count). The highest BCUT2D eigenvalue weighted by Crippen LogP contribution is 2.08. The monoisotopic (exact) mass is 144 g/mol. The molecular formula is C7H14NO2+. The highest BCUT2D eigenvalue weighted by atomic mass is 16.4. The molecule has 58 valence electrons. The maximum atomic E-state index is 10.5. The van der Waals surface area contributed by atoms with E-state index in [1.807, 2.05) is 0 Å². The number of hydrogen-bond donors (Lipinski definition) is 2. The maximum absolute atomic E-state index is 10.5. The molecule has 10 heavy (non-hydrogen) atoms. The second kappa shape index (κ2) is 3.01. The third-order valence-corrected chi connectivity index (χ3v) is 2.19. The Bertz CT molecular complexity index is 128. The number of nitrogens with one attached hydrogen (secondary N) is 1. The van der Waals surface area contributed by atoms with Crippen molar-refractivity contribution in [3.05, 3.63) is 0 Å². The summed E-state index contributed by atoms with van der Waals surface area (Å²) in [6.45, 7) is 2.02. The van der Waals surface area contributed by atoms with Crippen LogP contribution < -0.4 is 4.90 Å². The summed E-state index contributed by atoms with van der Waals surface area (Å²) in [7, 11) is 2.11. The highest BCUT2D eigenvalue weighted by Gasteiger charge is 2.24. The molecular weight excluding hydrogens is 130 g/mol. The normalized spacial score (nSPS) is 33.7. The van der Waals surface area contributed by atoms with Crippen LogP contribution in [-0.2, 0) is 4.79 Å². The van der Waals surface area contributed by atoms with Crippen LogP contribution in [0.15, 0.2) is 0 Å². The number of carboxylic acids is 1. The summed E-state index contributed by atoms with van der Waals surface area (Å²) in [5.41, 5.74) is 0. The summed E-state index contributed by atoms with van der Waals surface area (Å²) in [5.74, 6) is -0.684. The van der Waals surface area contributed by atoms with Crippen LogP contribution in [0.25, 0.3) is 0 Å². The summed E-state index contributed by atoms with van der Waals surface area (Å²) in [4.78, 5) is 11.9. The summed E-state index contributed by atoms with van der Waals surface area (Å²) < 4.78 is 0. The molecule has 0 aliphatic carbocycles. The second-order valence-corrected chi connectivity index (χ2v) is 3.07. The Morgan fingerprint density at radius 1 is 1.50 bits per heavy atom. The van der Waals surface area contributed by atoms with E-state index < -0.39 is 5.97 Å². The van der Waals surface area contributed by atoms with Crippen LogP contribution >= 0.6 is 0 Å². The Kier molecular flexibility index (Phi) is 2.27. The minimum absolute atomic E-state index is 0.0660. The first-order valence-corrected chi connectivity index (χ1v) is 3.74. The lowest BCUT2D eigenvalue weighted by atomic mass is 9.98. The average molecular weight is 144 g/mol. The van der Waals surface area contributed by atoms with Gasteiger partial charge in [-0.2, -0.15) is 0 Å². The van der Waals surface area contributed by atoms with Crippen molar-refractivity contribution in [1.29, 1.82) is 0 Å². The van der Waals surface area contributed by atoms with Crippen molar-refractivity contribution < 1.29 is 14.8 Å². The zero-order valence-electron chi connectivity index (χ0n) is 6.26. The molecule has 1 aliphatic heterocycles. The van der Waals surface area contributed by atoms with Gasteiger partial charge in [-0.15, -0.1) is 0 Å². The van der Waals surface area contributed by atoms with E-state index in [0.717, 1.165) is 25.9 Å². The topological polar surface area (TPSA) is 41.7 Å². The minimum Gasteiger partial charge on any atom is -0.481 e. The van der Waals surface area contributed by atoms with Crippen molar-refractivity contribution in [3.63, 3.8) is 0 Å². The molecule has 0 amide bonds.